The number of rotatable bonds is 4. The molecule has 0 aliphatic carbocycles. The van der Waals surface area contributed by atoms with Crippen LogP contribution in [0.4, 0.5) is 0 Å². The Morgan fingerprint density at radius 2 is 2.12 bits per heavy atom. The topological polar surface area (TPSA) is 57.2 Å². The van der Waals surface area contributed by atoms with Crippen molar-refractivity contribution in [2.45, 2.75) is 25.4 Å². The van der Waals surface area contributed by atoms with Crippen molar-refractivity contribution in [1.29, 1.82) is 0 Å². The lowest BCUT2D eigenvalue weighted by Gasteiger charge is -2.17. The molecule has 2 aromatic rings. The first-order chi connectivity index (χ1) is 12.1. The Bertz CT molecular complexity index is 842. The van der Waals surface area contributed by atoms with Crippen LogP contribution in [0.25, 0.3) is 0 Å². The predicted octanol–water partition coefficient (Wildman–Crippen LogP) is 4.10. The summed E-state index contributed by atoms with van der Waals surface area (Å²) >= 11 is 0. The molecule has 0 fully saturated rings. The molecule has 2 atom stereocenters. The molecule has 0 saturated heterocycles. The lowest BCUT2D eigenvalue weighted by Crippen LogP contribution is -2.08. The summed E-state index contributed by atoms with van der Waals surface area (Å²) in [5.41, 5.74) is 3.01. The largest absolute Gasteiger partial charge is 0.504 e. The van der Waals surface area contributed by atoms with E-state index in [-0.39, 0.29) is 24.6 Å². The first kappa shape index (κ1) is 15.7. The molecule has 5 nitrogen and oxygen atoms in total. The summed E-state index contributed by atoms with van der Waals surface area (Å²) in [6.07, 6.45) is 2.35. The number of fused-ring (bicyclic) bond motifs is 3. The molecule has 2 heterocycles. The molecule has 0 amide bonds. The Morgan fingerprint density at radius 1 is 1.28 bits per heavy atom. The van der Waals surface area contributed by atoms with E-state index in [0.29, 0.717) is 12.2 Å². The van der Waals surface area contributed by atoms with Gasteiger partial charge >= 0.3 is 0 Å². The molecule has 0 spiro atoms. The van der Waals surface area contributed by atoms with E-state index in [1.54, 1.807) is 6.07 Å². The third-order valence-electron chi connectivity index (χ3n) is 4.78. The quantitative estimate of drug-likeness (QED) is 0.850. The molecule has 2 aliphatic rings. The highest BCUT2D eigenvalue weighted by Gasteiger charge is 2.39. The summed E-state index contributed by atoms with van der Waals surface area (Å²) in [7, 11) is 1.53. The Kier molecular flexibility index (Phi) is 3.71. The van der Waals surface area contributed by atoms with Crippen LogP contribution in [-0.2, 0) is 6.42 Å². The monoisotopic (exact) mass is 340 g/mol. The van der Waals surface area contributed by atoms with E-state index < -0.39 is 0 Å². The lowest BCUT2D eigenvalue weighted by atomic mass is 9.90. The molecule has 4 rings (SSSR count). The highest BCUT2D eigenvalue weighted by molar-refractivity contribution is 5.63. The van der Waals surface area contributed by atoms with Crippen molar-refractivity contribution >= 4 is 0 Å². The van der Waals surface area contributed by atoms with Crippen LogP contribution in [-0.4, -0.2) is 19.0 Å². The molecule has 0 bridgehead atoms. The van der Waals surface area contributed by atoms with Crippen LogP contribution >= 0.6 is 0 Å². The molecule has 1 N–H and O–H groups in total. The van der Waals surface area contributed by atoms with Gasteiger partial charge in [0.25, 0.3) is 0 Å². The van der Waals surface area contributed by atoms with Gasteiger partial charge in [-0.2, -0.15) is 0 Å². The minimum absolute atomic E-state index is 0.0736. The standard InChI is InChI=1S/C20H20O5/c1-4-5-12-9-16-20(24-10-23-16)17-11(2)18(25-19(12)17)13-6-7-14(21)15(8-13)22-3/h4,6-9,11,18,21H,1,5,10H2,2-3H3/t11-,18-/m0/s1. The second kappa shape index (κ2) is 5.92. The maximum atomic E-state index is 9.84. The smallest absolute Gasteiger partial charge is 0.231 e. The first-order valence-electron chi connectivity index (χ1n) is 8.23. The number of hydrogen-bond donors (Lipinski definition) is 1. The lowest BCUT2D eigenvalue weighted by molar-refractivity contribution is 0.172. The van der Waals surface area contributed by atoms with Gasteiger partial charge in [-0.15, -0.1) is 6.58 Å². The SMILES string of the molecule is C=CCc1cc2c(c3c1O[C@H](c1ccc(O)c(OC)c1)[C@H]3C)OCO2. The van der Waals surface area contributed by atoms with E-state index in [1.165, 1.54) is 7.11 Å². The molecular formula is C20H20O5. The van der Waals surface area contributed by atoms with Crippen LogP contribution in [0, 0.1) is 0 Å². The van der Waals surface area contributed by atoms with Crippen LogP contribution in [0.3, 0.4) is 0 Å². The maximum absolute atomic E-state index is 9.84. The fourth-order valence-corrected chi connectivity index (χ4v) is 3.57. The van der Waals surface area contributed by atoms with Crippen molar-refractivity contribution in [2.75, 3.05) is 13.9 Å². The van der Waals surface area contributed by atoms with E-state index in [0.717, 1.165) is 33.9 Å². The number of phenolic OH excluding ortho intramolecular Hbond substituents is 1. The molecule has 130 valence electrons. The van der Waals surface area contributed by atoms with Gasteiger partial charge in [-0.3, -0.25) is 0 Å². The Labute approximate surface area is 146 Å². The van der Waals surface area contributed by atoms with Crippen molar-refractivity contribution in [1.82, 2.24) is 0 Å². The van der Waals surface area contributed by atoms with Gasteiger partial charge in [0.1, 0.15) is 11.9 Å². The van der Waals surface area contributed by atoms with Crippen molar-refractivity contribution in [3.8, 4) is 28.7 Å². The van der Waals surface area contributed by atoms with Crippen LogP contribution < -0.4 is 18.9 Å². The van der Waals surface area contributed by atoms with Crippen LogP contribution in [0.5, 0.6) is 28.7 Å². The van der Waals surface area contributed by atoms with Crippen molar-refractivity contribution in [3.63, 3.8) is 0 Å². The molecule has 25 heavy (non-hydrogen) atoms. The molecule has 2 aromatic carbocycles. The zero-order valence-corrected chi connectivity index (χ0v) is 14.2. The number of phenols is 1. The van der Waals surface area contributed by atoms with Gasteiger partial charge in [-0.25, -0.2) is 0 Å². The highest BCUT2D eigenvalue weighted by atomic mass is 16.7. The van der Waals surface area contributed by atoms with Crippen molar-refractivity contribution in [3.05, 3.63) is 53.6 Å². The zero-order chi connectivity index (χ0) is 17.6. The van der Waals surface area contributed by atoms with E-state index in [1.807, 2.05) is 24.3 Å². The summed E-state index contributed by atoms with van der Waals surface area (Å²) in [5.74, 6) is 2.98. The molecule has 0 radical (unpaired) electrons. The first-order valence-corrected chi connectivity index (χ1v) is 8.23. The number of ether oxygens (including phenoxy) is 4. The highest BCUT2D eigenvalue weighted by Crippen LogP contribution is 2.56. The second-order valence-electron chi connectivity index (χ2n) is 6.26. The van der Waals surface area contributed by atoms with Crippen molar-refractivity contribution < 1.29 is 24.1 Å². The number of allylic oxidation sites excluding steroid dienone is 1. The summed E-state index contributed by atoms with van der Waals surface area (Å²) in [4.78, 5) is 0. The van der Waals surface area contributed by atoms with E-state index in [2.05, 4.69) is 13.5 Å². The average molecular weight is 340 g/mol. The Balaban J connectivity index is 1.80. The third kappa shape index (κ3) is 2.38. The molecule has 0 unspecified atom stereocenters. The summed E-state index contributed by atoms with van der Waals surface area (Å²) < 4.78 is 22.9. The van der Waals surface area contributed by atoms with Gasteiger partial charge in [-0.05, 0) is 30.2 Å². The normalized spacial score (nSPS) is 20.1. The molecular weight excluding hydrogens is 320 g/mol. The maximum Gasteiger partial charge on any atom is 0.231 e. The second-order valence-corrected chi connectivity index (χ2v) is 6.26. The van der Waals surface area contributed by atoms with Gasteiger partial charge in [0.2, 0.25) is 6.79 Å². The average Bonchev–Trinajstić information content (AvgIpc) is 3.20. The van der Waals surface area contributed by atoms with Gasteiger partial charge in [0, 0.05) is 17.0 Å². The molecule has 2 aliphatic heterocycles. The Hall–Kier alpha value is -2.82. The van der Waals surface area contributed by atoms with E-state index in [9.17, 15) is 5.11 Å². The zero-order valence-electron chi connectivity index (χ0n) is 14.2. The van der Waals surface area contributed by atoms with Crippen LogP contribution in [0.15, 0.2) is 36.9 Å². The van der Waals surface area contributed by atoms with Crippen LogP contribution in [0.1, 0.15) is 35.6 Å². The van der Waals surface area contributed by atoms with E-state index in [4.69, 9.17) is 18.9 Å². The van der Waals surface area contributed by atoms with Gasteiger partial charge in [0.15, 0.2) is 23.0 Å². The molecule has 0 aromatic heterocycles. The summed E-state index contributed by atoms with van der Waals surface area (Å²) in [5, 5.41) is 9.84. The van der Waals surface area contributed by atoms with Crippen molar-refractivity contribution in [2.24, 2.45) is 0 Å². The number of aromatic hydroxyl groups is 1. The fourth-order valence-electron chi connectivity index (χ4n) is 3.57. The molecule has 5 heteroatoms. The summed E-state index contributed by atoms with van der Waals surface area (Å²) in [6, 6.07) is 7.26. The van der Waals surface area contributed by atoms with Gasteiger partial charge in [0.05, 0.1) is 7.11 Å². The minimum atomic E-state index is -0.191. The fraction of sp³-hybridized carbons (Fsp3) is 0.300. The Morgan fingerprint density at radius 3 is 2.88 bits per heavy atom. The van der Waals surface area contributed by atoms with E-state index >= 15 is 0 Å². The molecule has 0 saturated carbocycles. The number of hydrogen-bond acceptors (Lipinski definition) is 5. The predicted molar refractivity (Wildman–Crippen MR) is 92.9 cm³/mol. The minimum Gasteiger partial charge on any atom is -0.504 e. The number of methoxy groups -OCH3 is 1. The van der Waals surface area contributed by atoms with Crippen LogP contribution in [0.2, 0.25) is 0 Å². The summed E-state index contributed by atoms with van der Waals surface area (Å²) in [6.45, 7) is 6.16. The van der Waals surface area contributed by atoms with Gasteiger partial charge in [-0.1, -0.05) is 19.1 Å². The number of benzene rings is 2. The third-order valence-corrected chi connectivity index (χ3v) is 4.78. The van der Waals surface area contributed by atoms with Gasteiger partial charge < -0.3 is 24.1 Å².